The van der Waals surface area contributed by atoms with Gasteiger partial charge in [0, 0.05) is 25.7 Å². The summed E-state index contributed by atoms with van der Waals surface area (Å²) in [7, 11) is 1.92. The molecule has 0 atom stereocenters. The zero-order chi connectivity index (χ0) is 8.81. The minimum absolute atomic E-state index is 0.766. The molecule has 4 heteroatoms. The fourth-order valence-electron chi connectivity index (χ4n) is 0.770. The lowest BCUT2D eigenvalue weighted by molar-refractivity contribution is 0.910. The average Bonchev–Trinajstić information content (AvgIpc) is 2.46. The van der Waals surface area contributed by atoms with Crippen molar-refractivity contribution in [1.82, 2.24) is 9.55 Å². The van der Waals surface area contributed by atoms with E-state index in [1.807, 2.05) is 24.0 Å². The van der Waals surface area contributed by atoms with E-state index in [0.717, 1.165) is 18.8 Å². The minimum Gasteiger partial charge on any atom is -0.319 e. The van der Waals surface area contributed by atoms with E-state index in [1.165, 1.54) is 0 Å². The zero-order valence-corrected chi connectivity index (χ0v) is 7.49. The molecule has 0 aromatic carbocycles. The molecule has 0 saturated heterocycles. The van der Waals surface area contributed by atoms with Crippen molar-refractivity contribution in [3.8, 4) is 0 Å². The smallest absolute Gasteiger partial charge is 0.223 e. The highest BCUT2D eigenvalue weighted by Crippen LogP contribution is 1.99. The lowest BCUT2D eigenvalue weighted by Crippen LogP contribution is -1.97. The van der Waals surface area contributed by atoms with E-state index in [0.29, 0.717) is 0 Å². The van der Waals surface area contributed by atoms with Crippen LogP contribution in [0.3, 0.4) is 0 Å². The van der Waals surface area contributed by atoms with Crippen molar-refractivity contribution in [1.29, 1.82) is 0 Å². The molecule has 0 saturated carbocycles. The third-order valence-electron chi connectivity index (χ3n) is 1.49. The van der Waals surface area contributed by atoms with Crippen LogP contribution in [0.2, 0.25) is 0 Å². The Morgan fingerprint density at radius 1 is 1.75 bits per heavy atom. The highest BCUT2D eigenvalue weighted by atomic mass is 15.4. The second-order valence-electron chi connectivity index (χ2n) is 2.57. The molecule has 1 aromatic heterocycles. The average molecular weight is 166 g/mol. The van der Waals surface area contributed by atoms with E-state index in [-0.39, 0.29) is 0 Å². The third-order valence-corrected chi connectivity index (χ3v) is 1.49. The van der Waals surface area contributed by atoms with Gasteiger partial charge in [0.25, 0.3) is 0 Å². The van der Waals surface area contributed by atoms with Crippen LogP contribution in [0.25, 0.3) is 0 Å². The third kappa shape index (κ3) is 2.38. The van der Waals surface area contributed by atoms with Gasteiger partial charge in [0.1, 0.15) is 0 Å². The van der Waals surface area contributed by atoms with E-state index in [1.54, 1.807) is 6.20 Å². The van der Waals surface area contributed by atoms with Crippen molar-refractivity contribution in [2.45, 2.75) is 19.8 Å². The topological polar surface area (TPSA) is 42.2 Å². The van der Waals surface area contributed by atoms with Crippen molar-refractivity contribution in [2.75, 3.05) is 5.43 Å². The van der Waals surface area contributed by atoms with Crippen LogP contribution in [0.4, 0.5) is 5.95 Å². The molecule has 0 amide bonds. The number of nitrogens with one attached hydrogen (secondary N) is 1. The van der Waals surface area contributed by atoms with Crippen LogP contribution in [-0.2, 0) is 7.05 Å². The first-order chi connectivity index (χ1) is 5.84. The second kappa shape index (κ2) is 4.54. The molecular weight excluding hydrogens is 152 g/mol. The molecule has 1 heterocycles. The largest absolute Gasteiger partial charge is 0.319 e. The fraction of sp³-hybridized carbons (Fsp3) is 0.500. The summed E-state index contributed by atoms with van der Waals surface area (Å²) in [6, 6.07) is 0. The first-order valence-electron chi connectivity index (χ1n) is 4.09. The summed E-state index contributed by atoms with van der Waals surface area (Å²) in [4.78, 5) is 4.05. The summed E-state index contributed by atoms with van der Waals surface area (Å²) in [5.74, 6) is 0.766. The van der Waals surface area contributed by atoms with Crippen LogP contribution in [-0.4, -0.2) is 15.8 Å². The number of hydrogen-bond acceptors (Lipinski definition) is 3. The van der Waals surface area contributed by atoms with Gasteiger partial charge in [0.05, 0.1) is 0 Å². The maximum absolute atomic E-state index is 4.05. The molecule has 0 bridgehead atoms. The van der Waals surface area contributed by atoms with E-state index in [2.05, 4.69) is 22.4 Å². The van der Waals surface area contributed by atoms with E-state index in [4.69, 9.17) is 0 Å². The number of aromatic nitrogens is 2. The van der Waals surface area contributed by atoms with Gasteiger partial charge in [-0.2, -0.15) is 5.10 Å². The molecule has 66 valence electrons. The standard InChI is InChI=1S/C8H14N4/c1-3-4-5-10-11-8-9-6-7-12(8)2/h5-7H,3-4H2,1-2H3,(H,9,11)/b10-5+. The van der Waals surface area contributed by atoms with Crippen LogP contribution >= 0.6 is 0 Å². The SMILES string of the molecule is CCC/C=N/Nc1nccn1C. The first kappa shape index (κ1) is 8.77. The molecule has 12 heavy (non-hydrogen) atoms. The number of imidazole rings is 1. The van der Waals surface area contributed by atoms with Crippen molar-refractivity contribution in [3.05, 3.63) is 12.4 Å². The number of rotatable bonds is 4. The monoisotopic (exact) mass is 166 g/mol. The van der Waals surface area contributed by atoms with Crippen molar-refractivity contribution < 1.29 is 0 Å². The van der Waals surface area contributed by atoms with Crippen molar-refractivity contribution in [3.63, 3.8) is 0 Å². The van der Waals surface area contributed by atoms with Crippen molar-refractivity contribution >= 4 is 12.2 Å². The maximum Gasteiger partial charge on any atom is 0.223 e. The molecule has 1 N–H and O–H groups in total. The van der Waals surface area contributed by atoms with Gasteiger partial charge in [-0.3, -0.25) is 0 Å². The minimum atomic E-state index is 0.766. The van der Waals surface area contributed by atoms with E-state index >= 15 is 0 Å². The summed E-state index contributed by atoms with van der Waals surface area (Å²) in [6.07, 6.45) is 7.58. The fourth-order valence-corrected chi connectivity index (χ4v) is 0.770. The molecule has 0 aliphatic rings. The molecule has 0 aliphatic carbocycles. The summed E-state index contributed by atoms with van der Waals surface area (Å²) >= 11 is 0. The lowest BCUT2D eigenvalue weighted by atomic mass is 10.4. The first-order valence-corrected chi connectivity index (χ1v) is 4.09. The molecule has 4 nitrogen and oxygen atoms in total. The highest BCUT2D eigenvalue weighted by Gasteiger charge is 1.92. The molecule has 0 aliphatic heterocycles. The number of aryl methyl sites for hydroxylation is 1. The van der Waals surface area contributed by atoms with Crippen molar-refractivity contribution in [2.24, 2.45) is 12.1 Å². The van der Waals surface area contributed by atoms with Gasteiger partial charge in [-0.1, -0.05) is 13.3 Å². The van der Waals surface area contributed by atoms with E-state index < -0.39 is 0 Å². The number of nitrogens with zero attached hydrogens (tertiary/aromatic N) is 3. The second-order valence-corrected chi connectivity index (χ2v) is 2.57. The molecule has 1 aromatic rings. The maximum atomic E-state index is 4.05. The molecular formula is C8H14N4. The predicted octanol–water partition coefficient (Wildman–Crippen LogP) is 1.62. The molecule has 0 radical (unpaired) electrons. The van der Waals surface area contributed by atoms with Gasteiger partial charge in [-0.15, -0.1) is 0 Å². The van der Waals surface area contributed by atoms with Gasteiger partial charge in [-0.05, 0) is 6.42 Å². The Morgan fingerprint density at radius 2 is 2.58 bits per heavy atom. The Bertz CT molecular complexity index is 251. The van der Waals surface area contributed by atoms with Crippen LogP contribution in [0.15, 0.2) is 17.5 Å². The van der Waals surface area contributed by atoms with Crippen LogP contribution in [0, 0.1) is 0 Å². The Kier molecular flexibility index (Phi) is 3.32. The van der Waals surface area contributed by atoms with Gasteiger partial charge in [0.15, 0.2) is 0 Å². The molecule has 1 rings (SSSR count). The number of hydrazone groups is 1. The Hall–Kier alpha value is -1.32. The number of unbranched alkanes of at least 4 members (excludes halogenated alkanes) is 1. The van der Waals surface area contributed by atoms with Gasteiger partial charge < -0.3 is 4.57 Å². The Balaban J connectivity index is 2.37. The normalized spacial score (nSPS) is 10.8. The van der Waals surface area contributed by atoms with Crippen LogP contribution in [0.5, 0.6) is 0 Å². The lowest BCUT2D eigenvalue weighted by Gasteiger charge is -1.97. The molecule has 0 fully saturated rings. The quantitative estimate of drug-likeness (QED) is 0.545. The summed E-state index contributed by atoms with van der Waals surface area (Å²) in [6.45, 7) is 2.12. The van der Waals surface area contributed by atoms with Gasteiger partial charge >= 0.3 is 0 Å². The van der Waals surface area contributed by atoms with Crippen LogP contribution < -0.4 is 5.43 Å². The number of anilines is 1. The molecule has 0 unspecified atom stereocenters. The Morgan fingerprint density at radius 3 is 3.17 bits per heavy atom. The predicted molar refractivity (Wildman–Crippen MR) is 50.2 cm³/mol. The Labute approximate surface area is 72.3 Å². The summed E-state index contributed by atoms with van der Waals surface area (Å²) < 4.78 is 1.88. The zero-order valence-electron chi connectivity index (χ0n) is 7.49. The summed E-state index contributed by atoms with van der Waals surface area (Å²) in [5, 5.41) is 4.01. The van der Waals surface area contributed by atoms with E-state index in [9.17, 15) is 0 Å². The van der Waals surface area contributed by atoms with Crippen LogP contribution in [0.1, 0.15) is 19.8 Å². The van der Waals surface area contributed by atoms with Gasteiger partial charge in [-0.25, -0.2) is 10.4 Å². The molecule has 0 spiro atoms. The number of hydrogen-bond donors (Lipinski definition) is 1. The van der Waals surface area contributed by atoms with Gasteiger partial charge in [0.2, 0.25) is 5.95 Å². The highest BCUT2D eigenvalue weighted by molar-refractivity contribution is 5.58. The summed E-state index contributed by atoms with van der Waals surface area (Å²) in [5.41, 5.74) is 2.85.